The highest BCUT2D eigenvalue weighted by molar-refractivity contribution is 7.92. The fraction of sp³-hybridized carbons (Fsp3) is 0.185. The summed E-state index contributed by atoms with van der Waals surface area (Å²) in [5.74, 6) is 0.123. The Morgan fingerprint density at radius 2 is 1.69 bits per heavy atom. The van der Waals surface area contributed by atoms with Crippen molar-refractivity contribution < 1.29 is 17.9 Å². The number of aryl methyl sites for hydroxylation is 3. The molecule has 0 aliphatic carbocycles. The molecule has 3 aromatic rings. The largest absolute Gasteiger partial charge is 0.490 e. The van der Waals surface area contributed by atoms with E-state index in [0.717, 1.165) is 26.6 Å². The number of nitrogens with one attached hydrogen (secondary N) is 1. The second-order valence-electron chi connectivity index (χ2n) is 8.06. The zero-order valence-corrected chi connectivity index (χ0v) is 20.9. The van der Waals surface area contributed by atoms with Crippen LogP contribution in [0.3, 0.4) is 0 Å². The third-order valence-electron chi connectivity index (χ3n) is 5.33. The molecule has 1 N–H and O–H groups in total. The number of sulfonamides is 1. The van der Waals surface area contributed by atoms with E-state index in [-0.39, 0.29) is 4.90 Å². The van der Waals surface area contributed by atoms with Gasteiger partial charge < -0.3 is 4.74 Å². The van der Waals surface area contributed by atoms with Crippen molar-refractivity contribution in [2.75, 3.05) is 17.5 Å². The van der Waals surface area contributed by atoms with Crippen molar-refractivity contribution in [2.24, 2.45) is 5.10 Å². The Bertz CT molecular complexity index is 1320. The van der Waals surface area contributed by atoms with Gasteiger partial charge >= 0.3 is 0 Å². The summed E-state index contributed by atoms with van der Waals surface area (Å²) in [6.45, 7) is 9.31. The number of carbonyl (C=O) groups is 1. The van der Waals surface area contributed by atoms with Gasteiger partial charge in [-0.3, -0.25) is 9.10 Å². The molecular formula is C27H29N3O4S. The van der Waals surface area contributed by atoms with Crippen LogP contribution >= 0.6 is 0 Å². The van der Waals surface area contributed by atoms with Crippen molar-refractivity contribution in [1.29, 1.82) is 0 Å². The first-order valence-electron chi connectivity index (χ1n) is 11.0. The summed E-state index contributed by atoms with van der Waals surface area (Å²) in [5.41, 5.74) is 6.45. The molecule has 0 fully saturated rings. The van der Waals surface area contributed by atoms with E-state index in [1.54, 1.807) is 54.6 Å². The van der Waals surface area contributed by atoms with Crippen molar-refractivity contribution in [3.63, 3.8) is 0 Å². The van der Waals surface area contributed by atoms with Crippen molar-refractivity contribution >= 4 is 27.8 Å². The maximum Gasteiger partial charge on any atom is 0.264 e. The minimum atomic E-state index is -3.99. The van der Waals surface area contributed by atoms with Crippen LogP contribution in [0, 0.1) is 20.8 Å². The normalized spacial score (nSPS) is 11.3. The predicted molar refractivity (Wildman–Crippen MR) is 139 cm³/mol. The van der Waals surface area contributed by atoms with Gasteiger partial charge in [-0.2, -0.15) is 5.10 Å². The Balaban J connectivity index is 1.78. The van der Waals surface area contributed by atoms with E-state index in [1.807, 2.05) is 26.8 Å². The van der Waals surface area contributed by atoms with Gasteiger partial charge in [0.25, 0.3) is 15.9 Å². The van der Waals surface area contributed by atoms with Gasteiger partial charge in [-0.1, -0.05) is 36.4 Å². The summed E-state index contributed by atoms with van der Waals surface area (Å²) < 4.78 is 33.5. The van der Waals surface area contributed by atoms with Crippen molar-refractivity contribution in [3.05, 3.63) is 102 Å². The van der Waals surface area contributed by atoms with Crippen molar-refractivity contribution in [3.8, 4) is 5.75 Å². The molecular weight excluding hydrogens is 462 g/mol. The highest BCUT2D eigenvalue weighted by Crippen LogP contribution is 2.26. The van der Waals surface area contributed by atoms with Gasteiger partial charge in [0.05, 0.1) is 16.8 Å². The van der Waals surface area contributed by atoms with E-state index in [0.29, 0.717) is 18.0 Å². The Hall–Kier alpha value is -3.91. The van der Waals surface area contributed by atoms with E-state index in [4.69, 9.17) is 4.74 Å². The lowest BCUT2D eigenvalue weighted by Gasteiger charge is -2.24. The smallest absolute Gasteiger partial charge is 0.264 e. The van der Waals surface area contributed by atoms with E-state index < -0.39 is 22.5 Å². The lowest BCUT2D eigenvalue weighted by molar-refractivity contribution is -0.119. The Morgan fingerprint density at radius 3 is 2.31 bits per heavy atom. The number of hydrazone groups is 1. The molecule has 0 spiro atoms. The number of rotatable bonds is 10. The summed E-state index contributed by atoms with van der Waals surface area (Å²) in [6, 6.07) is 19.0. The quantitative estimate of drug-likeness (QED) is 0.257. The SMILES string of the molecule is C=CCOc1ccc(/C=N/NC(=O)CN(c2ccc(C)c(C)c2)S(=O)(=O)c2ccc(C)cc2)cc1. The molecule has 0 unspecified atom stereocenters. The average molecular weight is 492 g/mol. The van der Waals surface area contributed by atoms with Gasteiger partial charge in [0, 0.05) is 0 Å². The number of nitrogens with zero attached hydrogens (tertiary/aromatic N) is 2. The van der Waals surface area contributed by atoms with Crippen LogP contribution in [-0.2, 0) is 14.8 Å². The van der Waals surface area contributed by atoms with Crippen LogP contribution in [0.15, 0.2) is 89.4 Å². The molecule has 3 aromatic carbocycles. The van der Waals surface area contributed by atoms with E-state index in [1.165, 1.54) is 18.3 Å². The zero-order chi connectivity index (χ0) is 25.4. The summed E-state index contributed by atoms with van der Waals surface area (Å²) in [4.78, 5) is 12.8. The van der Waals surface area contributed by atoms with Crippen LogP contribution in [-0.4, -0.2) is 33.7 Å². The first-order chi connectivity index (χ1) is 16.7. The molecule has 0 aromatic heterocycles. The maximum atomic E-state index is 13.5. The van der Waals surface area contributed by atoms with Gasteiger partial charge in [-0.05, 0) is 86.0 Å². The average Bonchev–Trinajstić information content (AvgIpc) is 2.84. The molecule has 8 heteroatoms. The lowest BCUT2D eigenvalue weighted by atomic mass is 10.1. The third-order valence-corrected chi connectivity index (χ3v) is 7.11. The van der Waals surface area contributed by atoms with Crippen LogP contribution in [0.1, 0.15) is 22.3 Å². The molecule has 0 radical (unpaired) electrons. The van der Waals surface area contributed by atoms with E-state index in [9.17, 15) is 13.2 Å². The summed E-state index contributed by atoms with van der Waals surface area (Å²) >= 11 is 0. The molecule has 0 atom stereocenters. The fourth-order valence-electron chi connectivity index (χ4n) is 3.18. The molecule has 3 rings (SSSR count). The highest BCUT2D eigenvalue weighted by atomic mass is 32.2. The maximum absolute atomic E-state index is 13.5. The van der Waals surface area contributed by atoms with Crippen LogP contribution in [0.25, 0.3) is 0 Å². The van der Waals surface area contributed by atoms with Gasteiger partial charge in [0.2, 0.25) is 0 Å². The summed E-state index contributed by atoms with van der Waals surface area (Å²) in [5, 5.41) is 3.98. The molecule has 0 bridgehead atoms. The number of carbonyl (C=O) groups excluding carboxylic acids is 1. The number of hydrogen-bond donors (Lipinski definition) is 1. The van der Waals surface area contributed by atoms with E-state index in [2.05, 4.69) is 17.1 Å². The minimum Gasteiger partial charge on any atom is -0.490 e. The highest BCUT2D eigenvalue weighted by Gasteiger charge is 2.27. The van der Waals surface area contributed by atoms with Gasteiger partial charge in [0.1, 0.15) is 18.9 Å². The Labute approximate surface area is 206 Å². The second-order valence-corrected chi connectivity index (χ2v) is 9.92. The molecule has 1 amide bonds. The standard InChI is InChI=1S/C27H29N3O4S/c1-5-16-34-25-12-9-23(10-13-25)18-28-29-27(31)19-30(24-11-8-21(3)22(4)17-24)35(32,33)26-14-6-20(2)7-15-26/h5-15,17-18H,1,16,19H2,2-4H3,(H,29,31)/b28-18+. The summed E-state index contributed by atoms with van der Waals surface area (Å²) in [7, 11) is -3.99. The minimum absolute atomic E-state index is 0.108. The van der Waals surface area contributed by atoms with Gasteiger partial charge in [-0.15, -0.1) is 0 Å². The number of hydrogen-bond acceptors (Lipinski definition) is 5. The van der Waals surface area contributed by atoms with Crippen molar-refractivity contribution in [1.82, 2.24) is 5.43 Å². The first kappa shape index (κ1) is 25.7. The molecule has 7 nitrogen and oxygen atoms in total. The number of amides is 1. The van der Waals surface area contributed by atoms with Crippen LogP contribution < -0.4 is 14.5 Å². The molecule has 182 valence electrons. The molecule has 0 aliphatic heterocycles. The molecule has 0 saturated carbocycles. The van der Waals surface area contributed by atoms with Gasteiger partial charge in [0.15, 0.2) is 0 Å². The first-order valence-corrected chi connectivity index (χ1v) is 12.5. The number of anilines is 1. The monoisotopic (exact) mass is 491 g/mol. The molecule has 35 heavy (non-hydrogen) atoms. The van der Waals surface area contributed by atoms with Crippen molar-refractivity contribution in [2.45, 2.75) is 25.7 Å². The summed E-state index contributed by atoms with van der Waals surface area (Å²) in [6.07, 6.45) is 3.13. The number of ether oxygens (including phenoxy) is 1. The predicted octanol–water partition coefficient (Wildman–Crippen LogP) is 4.52. The van der Waals surface area contributed by atoms with Crippen LogP contribution in [0.4, 0.5) is 5.69 Å². The molecule has 0 aliphatic rings. The second kappa shape index (κ2) is 11.5. The van der Waals surface area contributed by atoms with E-state index >= 15 is 0 Å². The van der Waals surface area contributed by atoms with Crippen LogP contribution in [0.5, 0.6) is 5.75 Å². The van der Waals surface area contributed by atoms with Gasteiger partial charge in [-0.25, -0.2) is 13.8 Å². The topological polar surface area (TPSA) is 88.1 Å². The number of benzene rings is 3. The molecule has 0 saturated heterocycles. The Morgan fingerprint density at radius 1 is 1.00 bits per heavy atom. The zero-order valence-electron chi connectivity index (χ0n) is 20.1. The molecule has 0 heterocycles. The van der Waals surface area contributed by atoms with Crippen LogP contribution in [0.2, 0.25) is 0 Å². The third kappa shape index (κ3) is 6.80. The Kier molecular flexibility index (Phi) is 8.43. The fourth-order valence-corrected chi connectivity index (χ4v) is 4.60. The lowest BCUT2D eigenvalue weighted by Crippen LogP contribution is -2.39.